The van der Waals surface area contributed by atoms with E-state index in [4.69, 9.17) is 0 Å². The molecule has 0 fully saturated rings. The maximum Gasteiger partial charge on any atom is 0.256 e. The van der Waals surface area contributed by atoms with Crippen molar-refractivity contribution in [3.8, 4) is 0 Å². The predicted molar refractivity (Wildman–Crippen MR) is 105 cm³/mol. The molecule has 0 bridgehead atoms. The van der Waals surface area contributed by atoms with E-state index in [1.54, 1.807) is 6.20 Å². The highest BCUT2D eigenvalue weighted by Crippen LogP contribution is 2.22. The van der Waals surface area contributed by atoms with Gasteiger partial charge in [-0.15, -0.1) is 0 Å². The lowest BCUT2D eigenvalue weighted by Gasteiger charge is -2.12. The fourth-order valence-electron chi connectivity index (χ4n) is 3.10. The van der Waals surface area contributed by atoms with Crippen molar-refractivity contribution in [3.05, 3.63) is 108 Å². The molecule has 4 rings (SSSR count). The summed E-state index contributed by atoms with van der Waals surface area (Å²) in [6.07, 6.45) is 2.51. The predicted octanol–water partition coefficient (Wildman–Crippen LogP) is 5.08. The molecular weight excluding hydrogens is 320 g/mol. The van der Waals surface area contributed by atoms with Crippen molar-refractivity contribution in [2.45, 2.75) is 6.42 Å². The van der Waals surface area contributed by atoms with E-state index in [2.05, 4.69) is 22.4 Å². The van der Waals surface area contributed by atoms with Gasteiger partial charge in [-0.3, -0.25) is 9.78 Å². The van der Waals surface area contributed by atoms with Crippen molar-refractivity contribution >= 4 is 22.5 Å². The molecule has 1 N–H and O–H groups in total. The number of benzene rings is 3. The Morgan fingerprint density at radius 3 is 2.50 bits per heavy atom. The third kappa shape index (κ3) is 3.33. The number of aromatic nitrogens is 1. The summed E-state index contributed by atoms with van der Waals surface area (Å²) in [5.41, 5.74) is 4.58. The summed E-state index contributed by atoms with van der Waals surface area (Å²) in [6, 6.07) is 27.6. The van der Waals surface area contributed by atoms with Crippen LogP contribution in [0.25, 0.3) is 10.9 Å². The summed E-state index contributed by atoms with van der Waals surface area (Å²) in [6.45, 7) is 0. The standard InChI is InChI=1S/C23H18N2O/c26-23(20-11-6-14-22-19(20)12-7-15-24-22)25-21-13-5-4-10-18(21)16-17-8-2-1-3-9-17/h1-15H,16H2,(H,25,26). The summed E-state index contributed by atoms with van der Waals surface area (Å²) in [4.78, 5) is 17.2. The van der Waals surface area contributed by atoms with Crippen molar-refractivity contribution in [1.29, 1.82) is 0 Å². The van der Waals surface area contributed by atoms with Crippen LogP contribution in [0.3, 0.4) is 0 Å². The Morgan fingerprint density at radius 2 is 1.62 bits per heavy atom. The van der Waals surface area contributed by atoms with Crippen LogP contribution < -0.4 is 5.32 Å². The number of carbonyl (C=O) groups is 1. The molecule has 0 atom stereocenters. The van der Waals surface area contributed by atoms with Crippen LogP contribution in [-0.2, 0) is 6.42 Å². The lowest BCUT2D eigenvalue weighted by atomic mass is 10.0. The van der Waals surface area contributed by atoms with Crippen molar-refractivity contribution in [2.75, 3.05) is 5.32 Å². The van der Waals surface area contributed by atoms with Crippen LogP contribution in [0.5, 0.6) is 0 Å². The summed E-state index contributed by atoms with van der Waals surface area (Å²) < 4.78 is 0. The van der Waals surface area contributed by atoms with E-state index in [-0.39, 0.29) is 5.91 Å². The minimum atomic E-state index is -0.121. The van der Waals surface area contributed by atoms with Gasteiger partial charge in [-0.25, -0.2) is 0 Å². The quantitative estimate of drug-likeness (QED) is 0.564. The number of hydrogen-bond donors (Lipinski definition) is 1. The van der Waals surface area contributed by atoms with Gasteiger partial charge in [0.15, 0.2) is 0 Å². The van der Waals surface area contributed by atoms with Gasteiger partial charge in [0.2, 0.25) is 0 Å². The zero-order valence-corrected chi connectivity index (χ0v) is 14.2. The second kappa shape index (κ2) is 7.19. The number of hydrogen-bond acceptors (Lipinski definition) is 2. The van der Waals surface area contributed by atoms with Crippen LogP contribution >= 0.6 is 0 Å². The number of para-hydroxylation sites is 1. The Balaban J connectivity index is 1.64. The molecule has 3 nitrogen and oxygen atoms in total. The topological polar surface area (TPSA) is 42.0 Å². The summed E-state index contributed by atoms with van der Waals surface area (Å²) >= 11 is 0. The monoisotopic (exact) mass is 338 g/mol. The molecule has 1 aromatic heterocycles. The van der Waals surface area contributed by atoms with Crippen LogP contribution in [0.2, 0.25) is 0 Å². The van der Waals surface area contributed by atoms with Crippen LogP contribution in [0.4, 0.5) is 5.69 Å². The lowest BCUT2D eigenvalue weighted by molar-refractivity contribution is 0.102. The molecule has 0 radical (unpaired) electrons. The second-order valence-corrected chi connectivity index (χ2v) is 6.15. The first-order valence-electron chi connectivity index (χ1n) is 8.58. The molecule has 0 unspecified atom stereocenters. The number of carbonyl (C=O) groups excluding carboxylic acids is 1. The number of fused-ring (bicyclic) bond motifs is 1. The number of pyridine rings is 1. The van der Waals surface area contributed by atoms with E-state index in [0.717, 1.165) is 28.6 Å². The zero-order valence-electron chi connectivity index (χ0n) is 14.2. The third-order valence-electron chi connectivity index (χ3n) is 4.39. The first-order valence-corrected chi connectivity index (χ1v) is 8.58. The zero-order chi connectivity index (χ0) is 17.8. The molecule has 126 valence electrons. The maximum absolute atomic E-state index is 12.9. The first-order chi connectivity index (χ1) is 12.8. The third-order valence-corrected chi connectivity index (χ3v) is 4.39. The lowest BCUT2D eigenvalue weighted by Crippen LogP contribution is -2.14. The van der Waals surface area contributed by atoms with Gasteiger partial charge in [0.25, 0.3) is 5.91 Å². The average Bonchev–Trinajstić information content (AvgIpc) is 2.70. The SMILES string of the molecule is O=C(Nc1ccccc1Cc1ccccc1)c1cccc2ncccc12. The van der Waals surface area contributed by atoms with Crippen molar-refractivity contribution in [3.63, 3.8) is 0 Å². The highest BCUT2D eigenvalue weighted by atomic mass is 16.1. The molecule has 3 heteroatoms. The highest BCUT2D eigenvalue weighted by Gasteiger charge is 2.12. The molecule has 0 aliphatic rings. The molecule has 0 aliphatic heterocycles. The van der Waals surface area contributed by atoms with Crippen molar-refractivity contribution in [1.82, 2.24) is 4.98 Å². The van der Waals surface area contributed by atoms with E-state index in [9.17, 15) is 4.79 Å². The number of amides is 1. The van der Waals surface area contributed by atoms with E-state index in [1.807, 2.05) is 72.8 Å². The average molecular weight is 338 g/mol. The molecule has 0 spiro atoms. The second-order valence-electron chi connectivity index (χ2n) is 6.15. The van der Waals surface area contributed by atoms with Gasteiger partial charge in [-0.05, 0) is 41.8 Å². The van der Waals surface area contributed by atoms with E-state index >= 15 is 0 Å². The van der Waals surface area contributed by atoms with Crippen molar-refractivity contribution in [2.24, 2.45) is 0 Å². The molecule has 1 heterocycles. The Kier molecular flexibility index (Phi) is 4.44. The Labute approximate surface area is 152 Å². The number of anilines is 1. The fourth-order valence-corrected chi connectivity index (χ4v) is 3.10. The fraction of sp³-hybridized carbons (Fsp3) is 0.0435. The van der Waals surface area contributed by atoms with Crippen molar-refractivity contribution < 1.29 is 4.79 Å². The highest BCUT2D eigenvalue weighted by molar-refractivity contribution is 6.12. The van der Waals surface area contributed by atoms with Crippen LogP contribution in [0.15, 0.2) is 91.1 Å². The van der Waals surface area contributed by atoms with E-state index in [0.29, 0.717) is 5.56 Å². The molecule has 0 aliphatic carbocycles. The van der Waals surface area contributed by atoms with Gasteiger partial charge in [-0.1, -0.05) is 60.7 Å². The summed E-state index contributed by atoms with van der Waals surface area (Å²) in [5.74, 6) is -0.121. The Morgan fingerprint density at radius 1 is 0.808 bits per heavy atom. The van der Waals surface area contributed by atoms with E-state index < -0.39 is 0 Å². The molecule has 1 amide bonds. The molecule has 26 heavy (non-hydrogen) atoms. The van der Waals surface area contributed by atoms with Crippen LogP contribution in [0, 0.1) is 0 Å². The minimum absolute atomic E-state index is 0.121. The minimum Gasteiger partial charge on any atom is -0.322 e. The van der Waals surface area contributed by atoms with Gasteiger partial charge in [0.1, 0.15) is 0 Å². The maximum atomic E-state index is 12.9. The van der Waals surface area contributed by atoms with Gasteiger partial charge in [-0.2, -0.15) is 0 Å². The molecule has 0 saturated carbocycles. The first kappa shape index (κ1) is 16.0. The van der Waals surface area contributed by atoms with Crippen LogP contribution in [0.1, 0.15) is 21.5 Å². The summed E-state index contributed by atoms with van der Waals surface area (Å²) in [7, 11) is 0. The summed E-state index contributed by atoms with van der Waals surface area (Å²) in [5, 5.41) is 3.93. The molecular formula is C23H18N2O. The Hall–Kier alpha value is -3.46. The smallest absolute Gasteiger partial charge is 0.256 e. The number of rotatable bonds is 4. The van der Waals surface area contributed by atoms with Crippen LogP contribution in [-0.4, -0.2) is 10.9 Å². The molecule has 4 aromatic rings. The molecule has 3 aromatic carbocycles. The molecule has 0 saturated heterocycles. The van der Waals surface area contributed by atoms with Gasteiger partial charge >= 0.3 is 0 Å². The van der Waals surface area contributed by atoms with Gasteiger partial charge in [0.05, 0.1) is 5.52 Å². The van der Waals surface area contributed by atoms with Gasteiger partial charge in [0, 0.05) is 22.8 Å². The normalized spacial score (nSPS) is 10.6. The number of nitrogens with one attached hydrogen (secondary N) is 1. The largest absolute Gasteiger partial charge is 0.322 e. The number of nitrogens with zero attached hydrogens (tertiary/aromatic N) is 1. The van der Waals surface area contributed by atoms with E-state index in [1.165, 1.54) is 5.56 Å². The van der Waals surface area contributed by atoms with Gasteiger partial charge < -0.3 is 5.32 Å². The Bertz CT molecular complexity index is 1050.